The van der Waals surface area contributed by atoms with E-state index in [1.807, 2.05) is 0 Å². The highest BCUT2D eigenvalue weighted by atomic mass is 32.2. The maximum atomic E-state index is 11.4. The van der Waals surface area contributed by atoms with Crippen molar-refractivity contribution >= 4 is 35.0 Å². The average Bonchev–Trinajstić information content (AvgIpc) is 3.06. The van der Waals surface area contributed by atoms with Crippen molar-refractivity contribution in [3.8, 4) is 5.88 Å². The Morgan fingerprint density at radius 3 is 2.55 bits per heavy atom. The van der Waals surface area contributed by atoms with Gasteiger partial charge in [0.15, 0.2) is 12.4 Å². The molecular formula is C14H9N2O5S+. The van der Waals surface area contributed by atoms with Gasteiger partial charge < -0.3 is 9.52 Å². The van der Waals surface area contributed by atoms with E-state index in [2.05, 4.69) is 5.32 Å². The maximum absolute atomic E-state index is 11.4. The number of nitrogens with zero attached hydrogens (tertiary/aromatic N) is 1. The second kappa shape index (κ2) is 5.49. The fourth-order valence-corrected chi connectivity index (χ4v) is 2.49. The Morgan fingerprint density at radius 2 is 1.95 bits per heavy atom. The minimum absolute atomic E-state index is 0.169. The van der Waals surface area contributed by atoms with Gasteiger partial charge in [0.1, 0.15) is 5.76 Å². The van der Waals surface area contributed by atoms with E-state index in [-0.39, 0.29) is 10.5 Å². The van der Waals surface area contributed by atoms with Gasteiger partial charge in [-0.25, -0.2) is 4.79 Å². The van der Waals surface area contributed by atoms with Crippen LogP contribution in [0.15, 0.2) is 46.0 Å². The number of aromatic carboxylic acids is 1. The molecule has 0 bridgehead atoms. The zero-order valence-corrected chi connectivity index (χ0v) is 11.8. The van der Waals surface area contributed by atoms with Crippen LogP contribution >= 0.6 is 11.8 Å². The summed E-state index contributed by atoms with van der Waals surface area (Å²) in [6, 6.07) is 6.22. The highest BCUT2D eigenvalue weighted by molar-refractivity contribution is 8.18. The molecule has 0 saturated carbocycles. The SMILES string of the molecule is O=C1NC(=O)/C(=C/c2ccc(-[n+]3ccc(C(=O)O)cc3)o2)S1. The quantitative estimate of drug-likeness (QED) is 0.658. The number of pyridine rings is 1. The number of hydrogen-bond donors (Lipinski definition) is 2. The van der Waals surface area contributed by atoms with E-state index in [1.54, 1.807) is 29.1 Å². The predicted octanol–water partition coefficient (Wildman–Crippen LogP) is 1.58. The Bertz CT molecular complexity index is 807. The molecule has 0 aromatic carbocycles. The lowest BCUT2D eigenvalue weighted by Crippen LogP contribution is -2.28. The van der Waals surface area contributed by atoms with Crippen molar-refractivity contribution in [1.82, 2.24) is 5.32 Å². The molecular weight excluding hydrogens is 308 g/mol. The van der Waals surface area contributed by atoms with Crippen molar-refractivity contribution in [2.45, 2.75) is 0 Å². The second-order valence-electron chi connectivity index (χ2n) is 4.33. The Labute approximate surface area is 128 Å². The molecule has 0 atom stereocenters. The molecule has 7 nitrogen and oxygen atoms in total. The zero-order valence-electron chi connectivity index (χ0n) is 11.0. The molecule has 2 aromatic heterocycles. The standard InChI is InChI=1S/C14H8N2O5S/c17-12-10(22-14(20)15-12)7-9-1-2-11(21-9)16-5-3-8(4-6-16)13(18)19/h1-7H,(H-,15,17,18,19,20)/p+1/b10-7-. The van der Waals surface area contributed by atoms with Crippen LogP contribution in [0.1, 0.15) is 16.1 Å². The van der Waals surface area contributed by atoms with Crippen LogP contribution in [0.5, 0.6) is 0 Å². The highest BCUT2D eigenvalue weighted by Gasteiger charge is 2.25. The Balaban J connectivity index is 1.85. The molecule has 1 aliphatic rings. The molecule has 2 aromatic rings. The molecule has 2 N–H and O–H groups in total. The third-order valence-electron chi connectivity index (χ3n) is 2.86. The molecule has 110 valence electrons. The summed E-state index contributed by atoms with van der Waals surface area (Å²) in [6.45, 7) is 0. The van der Waals surface area contributed by atoms with Crippen molar-refractivity contribution in [2.75, 3.05) is 0 Å². The first-order valence-electron chi connectivity index (χ1n) is 6.12. The van der Waals surface area contributed by atoms with Crippen LogP contribution in [-0.4, -0.2) is 22.2 Å². The molecule has 0 radical (unpaired) electrons. The molecule has 22 heavy (non-hydrogen) atoms. The number of hydrogen-bond acceptors (Lipinski definition) is 5. The number of amides is 2. The van der Waals surface area contributed by atoms with Crippen molar-refractivity contribution in [3.63, 3.8) is 0 Å². The number of carbonyl (C=O) groups excluding carboxylic acids is 2. The Morgan fingerprint density at radius 1 is 1.23 bits per heavy atom. The largest absolute Gasteiger partial charge is 0.478 e. The number of carbonyl (C=O) groups is 3. The normalized spacial score (nSPS) is 16.1. The van der Waals surface area contributed by atoms with Gasteiger partial charge in [-0.05, 0) is 17.8 Å². The van der Waals surface area contributed by atoms with Crippen LogP contribution in [-0.2, 0) is 4.79 Å². The predicted molar refractivity (Wildman–Crippen MR) is 76.3 cm³/mol. The number of carboxylic acid groups (broad SMARTS) is 1. The number of rotatable bonds is 3. The maximum Gasteiger partial charge on any atom is 0.378 e. The minimum Gasteiger partial charge on any atom is -0.478 e. The van der Waals surface area contributed by atoms with Crippen LogP contribution in [0.4, 0.5) is 4.79 Å². The Kier molecular flexibility index (Phi) is 3.51. The molecule has 0 spiro atoms. The number of thioether (sulfide) groups is 1. The molecule has 1 saturated heterocycles. The van der Waals surface area contributed by atoms with Gasteiger partial charge in [-0.15, -0.1) is 4.57 Å². The summed E-state index contributed by atoms with van der Waals surface area (Å²) in [5.41, 5.74) is 0.169. The molecule has 3 rings (SSSR count). The molecule has 0 unspecified atom stereocenters. The number of imide groups is 1. The van der Waals surface area contributed by atoms with E-state index in [0.29, 0.717) is 11.6 Å². The number of furan rings is 1. The summed E-state index contributed by atoms with van der Waals surface area (Å²) in [6.07, 6.45) is 4.58. The first-order valence-corrected chi connectivity index (χ1v) is 6.94. The fourth-order valence-electron chi connectivity index (χ4n) is 1.82. The van der Waals surface area contributed by atoms with Crippen molar-refractivity contribution in [2.24, 2.45) is 0 Å². The van der Waals surface area contributed by atoms with Gasteiger partial charge in [-0.1, -0.05) is 0 Å². The Hall–Kier alpha value is -2.87. The van der Waals surface area contributed by atoms with Crippen molar-refractivity contribution in [1.29, 1.82) is 0 Å². The summed E-state index contributed by atoms with van der Waals surface area (Å²) in [4.78, 5) is 33.6. The molecule has 2 amide bonds. The van der Waals surface area contributed by atoms with Crippen molar-refractivity contribution in [3.05, 3.63) is 52.9 Å². The van der Waals surface area contributed by atoms with Crippen LogP contribution in [0, 0.1) is 0 Å². The van der Waals surface area contributed by atoms with E-state index in [1.165, 1.54) is 18.2 Å². The zero-order chi connectivity index (χ0) is 15.7. The lowest BCUT2D eigenvalue weighted by atomic mass is 10.3. The highest BCUT2D eigenvalue weighted by Crippen LogP contribution is 2.26. The lowest BCUT2D eigenvalue weighted by molar-refractivity contribution is -0.609. The first kappa shape index (κ1) is 14.1. The van der Waals surface area contributed by atoms with E-state index in [0.717, 1.165) is 11.8 Å². The van der Waals surface area contributed by atoms with Gasteiger partial charge in [0, 0.05) is 18.2 Å². The van der Waals surface area contributed by atoms with Gasteiger partial charge in [-0.2, -0.15) is 0 Å². The lowest BCUT2D eigenvalue weighted by Gasteiger charge is -1.93. The smallest absolute Gasteiger partial charge is 0.378 e. The fraction of sp³-hybridized carbons (Fsp3) is 0. The topological polar surface area (TPSA) is 100 Å². The van der Waals surface area contributed by atoms with E-state index in [9.17, 15) is 14.4 Å². The van der Waals surface area contributed by atoms with E-state index in [4.69, 9.17) is 9.52 Å². The summed E-state index contributed by atoms with van der Waals surface area (Å²) in [7, 11) is 0. The van der Waals surface area contributed by atoms with Gasteiger partial charge >= 0.3 is 11.9 Å². The summed E-state index contributed by atoms with van der Waals surface area (Å²) >= 11 is 0.808. The van der Waals surface area contributed by atoms with Crippen LogP contribution in [0.2, 0.25) is 0 Å². The van der Waals surface area contributed by atoms with Gasteiger partial charge in [0.2, 0.25) is 0 Å². The summed E-state index contributed by atoms with van der Waals surface area (Å²) < 4.78 is 7.15. The van der Waals surface area contributed by atoms with Crippen molar-refractivity contribution < 1.29 is 28.5 Å². The van der Waals surface area contributed by atoms with E-state index >= 15 is 0 Å². The van der Waals surface area contributed by atoms with Gasteiger partial charge in [-0.3, -0.25) is 14.9 Å². The van der Waals surface area contributed by atoms with Crippen LogP contribution in [0.3, 0.4) is 0 Å². The first-order chi connectivity index (χ1) is 10.5. The second-order valence-corrected chi connectivity index (χ2v) is 5.34. The molecule has 1 fully saturated rings. The van der Waals surface area contributed by atoms with Crippen LogP contribution < -0.4 is 9.88 Å². The molecule has 0 aliphatic carbocycles. The summed E-state index contributed by atoms with van der Waals surface area (Å²) in [5.74, 6) is -0.590. The van der Waals surface area contributed by atoms with Gasteiger partial charge in [0.05, 0.1) is 16.5 Å². The average molecular weight is 317 g/mol. The molecule has 3 heterocycles. The molecule has 8 heteroatoms. The van der Waals surface area contributed by atoms with E-state index < -0.39 is 17.1 Å². The summed E-state index contributed by atoms with van der Waals surface area (Å²) in [5, 5.41) is 10.6. The monoisotopic (exact) mass is 317 g/mol. The van der Waals surface area contributed by atoms with Crippen LogP contribution in [0.25, 0.3) is 12.0 Å². The number of nitrogens with one attached hydrogen (secondary N) is 1. The minimum atomic E-state index is -1.01. The molecule has 1 aliphatic heterocycles. The van der Waals surface area contributed by atoms with Gasteiger partial charge in [0.25, 0.3) is 11.1 Å². The third kappa shape index (κ3) is 2.77. The number of carboxylic acids is 1. The third-order valence-corrected chi connectivity index (χ3v) is 3.67. The number of aromatic nitrogens is 1.